The second kappa shape index (κ2) is 21.6. The van der Waals surface area contributed by atoms with Gasteiger partial charge in [0.2, 0.25) is 35.4 Å². The number of guanidine groups is 1. The summed E-state index contributed by atoms with van der Waals surface area (Å²) in [7, 11) is 0. The third kappa shape index (κ3) is 13.5. The lowest BCUT2D eigenvalue weighted by Crippen LogP contribution is -2.59. The third-order valence-corrected chi connectivity index (χ3v) is 9.67. The van der Waals surface area contributed by atoms with E-state index in [1.807, 2.05) is 42.6 Å². The minimum Gasteiger partial charge on any atom is -0.370 e. The molecule has 0 aliphatic carbocycles. The quantitative estimate of drug-likeness (QED) is 0.0295. The van der Waals surface area contributed by atoms with Crippen LogP contribution in [0.25, 0.3) is 10.1 Å². The van der Waals surface area contributed by atoms with Gasteiger partial charge in [0.25, 0.3) is 0 Å². The van der Waals surface area contributed by atoms with Crippen molar-refractivity contribution in [1.82, 2.24) is 36.6 Å². The van der Waals surface area contributed by atoms with Crippen LogP contribution >= 0.6 is 11.3 Å². The number of amides is 6. The molecule has 0 saturated carbocycles. The summed E-state index contributed by atoms with van der Waals surface area (Å²) in [6.45, 7) is 1.53. The Morgan fingerprint density at radius 2 is 1.43 bits per heavy atom. The number of nitrogens with zero attached hydrogens (tertiary/aromatic N) is 2. The molecular formula is C38H49N11O6S. The van der Waals surface area contributed by atoms with E-state index in [0.29, 0.717) is 12.1 Å². The zero-order valence-corrected chi connectivity index (χ0v) is 31.9. The Bertz CT molecular complexity index is 1960. The first kappa shape index (κ1) is 42.4. The van der Waals surface area contributed by atoms with E-state index in [1.165, 1.54) is 23.9 Å². The standard InChI is InChI=1S/C38H49N11O6S/c1-2-9-33(51)46-30(18-25-19-42-22-45-25)37(55)48-28(16-23-10-4-3-5-11-23)36(54)47-27(13-8-15-43-38(40)41)35(53)49-29(34(52)44-20-32(39)50)17-24-21-56-31-14-7-6-12-26(24)31/h3-7,10-12,14,19,21-22,27-30H,2,8-9,13,15-18,20H2,1H3,(H2,39,50)(H,42,45)(H,44,52)(H,46,51)(H,47,54)(H,48,55)(H,49,53)(H4,40,41,43)/t27-,28+,29-,30-/m0/s1. The molecular weight excluding hydrogens is 739 g/mol. The molecule has 2 heterocycles. The second-order valence-corrected chi connectivity index (χ2v) is 14.0. The molecule has 12 N–H and O–H groups in total. The van der Waals surface area contributed by atoms with Crippen LogP contribution in [0.3, 0.4) is 0 Å². The monoisotopic (exact) mass is 787 g/mol. The van der Waals surface area contributed by atoms with Crippen LogP contribution in [-0.2, 0) is 48.0 Å². The number of carbonyl (C=O) groups excluding carboxylic acids is 6. The lowest BCUT2D eigenvalue weighted by atomic mass is 10.0. The summed E-state index contributed by atoms with van der Waals surface area (Å²) < 4.78 is 0.984. The van der Waals surface area contributed by atoms with E-state index in [2.05, 4.69) is 41.5 Å². The number of H-pyrrole nitrogens is 1. The molecule has 2 aromatic heterocycles. The zero-order valence-electron chi connectivity index (χ0n) is 31.1. The molecule has 0 saturated heterocycles. The molecule has 17 nitrogen and oxygen atoms in total. The maximum atomic E-state index is 14.2. The molecule has 6 amide bonds. The predicted octanol–water partition coefficient (Wildman–Crippen LogP) is 0.0467. The minimum atomic E-state index is -1.22. The van der Waals surface area contributed by atoms with E-state index in [1.54, 1.807) is 24.3 Å². The molecule has 0 aliphatic heterocycles. The minimum absolute atomic E-state index is 0.0455. The average Bonchev–Trinajstić information content (AvgIpc) is 3.84. The maximum Gasteiger partial charge on any atom is 0.243 e. The molecule has 0 bridgehead atoms. The average molecular weight is 788 g/mol. The topological polar surface area (TPSA) is 282 Å². The van der Waals surface area contributed by atoms with Gasteiger partial charge >= 0.3 is 0 Å². The number of benzene rings is 2. The van der Waals surface area contributed by atoms with Gasteiger partial charge in [0.1, 0.15) is 24.2 Å². The van der Waals surface area contributed by atoms with Gasteiger partial charge in [-0.1, -0.05) is 55.5 Å². The van der Waals surface area contributed by atoms with E-state index < -0.39 is 60.2 Å². The van der Waals surface area contributed by atoms with Crippen LogP contribution in [0.4, 0.5) is 0 Å². The van der Waals surface area contributed by atoms with Crippen LogP contribution in [0.2, 0.25) is 0 Å². The predicted molar refractivity (Wildman–Crippen MR) is 213 cm³/mol. The van der Waals surface area contributed by atoms with Crippen LogP contribution in [0.5, 0.6) is 0 Å². The second-order valence-electron chi connectivity index (χ2n) is 13.1. The normalized spacial score (nSPS) is 13.0. The van der Waals surface area contributed by atoms with E-state index in [4.69, 9.17) is 17.2 Å². The highest BCUT2D eigenvalue weighted by Gasteiger charge is 2.32. The Morgan fingerprint density at radius 1 is 0.786 bits per heavy atom. The molecule has 0 aliphatic rings. The molecule has 4 atom stereocenters. The van der Waals surface area contributed by atoms with Gasteiger partial charge in [0, 0.05) is 48.8 Å². The van der Waals surface area contributed by atoms with Gasteiger partial charge in [-0.15, -0.1) is 11.3 Å². The number of aromatic amines is 1. The number of aromatic nitrogens is 2. The van der Waals surface area contributed by atoms with Crippen molar-refractivity contribution in [1.29, 1.82) is 0 Å². The number of nitrogens with two attached hydrogens (primary N) is 3. The highest BCUT2D eigenvalue weighted by atomic mass is 32.1. The van der Waals surface area contributed by atoms with Crippen molar-refractivity contribution < 1.29 is 28.8 Å². The van der Waals surface area contributed by atoms with Crippen molar-refractivity contribution in [2.75, 3.05) is 13.1 Å². The lowest BCUT2D eigenvalue weighted by Gasteiger charge is -2.26. The number of primary amides is 1. The zero-order chi connectivity index (χ0) is 40.5. The molecule has 18 heteroatoms. The SMILES string of the molecule is CCCC(=O)N[C@@H](Cc1cnc[nH]1)C(=O)N[C@H](Cc1ccccc1)C(=O)N[C@@H](CCCN=C(N)N)C(=O)N[C@@H](Cc1csc2ccccc12)C(=O)NCC(N)=O. The Hall–Kier alpha value is -6.30. The number of hydrogen-bond donors (Lipinski definition) is 9. The third-order valence-electron chi connectivity index (χ3n) is 8.66. The molecule has 4 rings (SSSR count). The fraction of sp³-hybridized carbons (Fsp3) is 0.368. The smallest absolute Gasteiger partial charge is 0.243 e. The highest BCUT2D eigenvalue weighted by molar-refractivity contribution is 7.17. The van der Waals surface area contributed by atoms with E-state index >= 15 is 0 Å². The Labute approximate surface area is 328 Å². The van der Waals surface area contributed by atoms with Gasteiger partial charge in [-0.3, -0.25) is 33.8 Å². The summed E-state index contributed by atoms with van der Waals surface area (Å²) in [6.07, 6.45) is 4.25. The number of imidazole rings is 1. The van der Waals surface area contributed by atoms with E-state index in [9.17, 15) is 28.8 Å². The van der Waals surface area contributed by atoms with Crippen molar-refractivity contribution in [3.63, 3.8) is 0 Å². The van der Waals surface area contributed by atoms with Gasteiger partial charge in [-0.2, -0.15) is 0 Å². The fourth-order valence-corrected chi connectivity index (χ4v) is 6.86. The van der Waals surface area contributed by atoms with Crippen LogP contribution in [0, 0.1) is 0 Å². The summed E-state index contributed by atoms with van der Waals surface area (Å²) in [4.78, 5) is 90.6. The molecule has 0 radical (unpaired) electrons. The first-order chi connectivity index (χ1) is 26.9. The van der Waals surface area contributed by atoms with Gasteiger partial charge in [0.05, 0.1) is 12.9 Å². The molecule has 0 unspecified atom stereocenters. The summed E-state index contributed by atoms with van der Waals surface area (Å²) in [5.41, 5.74) is 18.4. The first-order valence-corrected chi connectivity index (χ1v) is 19.1. The Morgan fingerprint density at radius 3 is 2.09 bits per heavy atom. The molecule has 0 fully saturated rings. The van der Waals surface area contributed by atoms with Gasteiger partial charge in [0.15, 0.2) is 5.96 Å². The van der Waals surface area contributed by atoms with Crippen LogP contribution in [0.15, 0.2) is 77.5 Å². The number of nitrogens with one attached hydrogen (secondary N) is 6. The van der Waals surface area contributed by atoms with Gasteiger partial charge in [-0.25, -0.2) is 4.98 Å². The van der Waals surface area contributed by atoms with Crippen molar-refractivity contribution in [3.8, 4) is 0 Å². The molecule has 2 aromatic carbocycles. The molecule has 4 aromatic rings. The van der Waals surface area contributed by atoms with Crippen molar-refractivity contribution in [3.05, 3.63) is 89.3 Å². The largest absolute Gasteiger partial charge is 0.370 e. The van der Waals surface area contributed by atoms with Crippen molar-refractivity contribution >= 4 is 62.8 Å². The van der Waals surface area contributed by atoms with E-state index in [0.717, 1.165) is 21.2 Å². The van der Waals surface area contributed by atoms with Gasteiger partial charge < -0.3 is 48.8 Å². The molecule has 0 spiro atoms. The number of thiophene rings is 1. The Kier molecular flexibility index (Phi) is 16.3. The number of hydrogen-bond acceptors (Lipinski definition) is 9. The number of carbonyl (C=O) groups is 6. The first-order valence-electron chi connectivity index (χ1n) is 18.2. The summed E-state index contributed by atoms with van der Waals surface area (Å²) >= 11 is 1.48. The van der Waals surface area contributed by atoms with Crippen molar-refractivity contribution in [2.24, 2.45) is 22.2 Å². The summed E-state index contributed by atoms with van der Waals surface area (Å²) in [5.74, 6) is -3.91. The number of aliphatic imine (C=N–C) groups is 1. The molecule has 298 valence electrons. The summed E-state index contributed by atoms with van der Waals surface area (Å²) in [5, 5.41) is 16.3. The van der Waals surface area contributed by atoms with Crippen LogP contribution < -0.4 is 43.8 Å². The van der Waals surface area contributed by atoms with E-state index in [-0.39, 0.29) is 56.9 Å². The number of rotatable bonds is 22. The lowest BCUT2D eigenvalue weighted by molar-refractivity contribution is -0.134. The maximum absolute atomic E-state index is 14.2. The summed E-state index contributed by atoms with van der Waals surface area (Å²) in [6, 6.07) is 12.0. The van der Waals surface area contributed by atoms with Gasteiger partial charge in [-0.05, 0) is 47.2 Å². The fourth-order valence-electron chi connectivity index (χ4n) is 5.88. The Balaban J connectivity index is 1.60. The van der Waals surface area contributed by atoms with Crippen LogP contribution in [0.1, 0.15) is 49.4 Å². The molecule has 56 heavy (non-hydrogen) atoms. The highest BCUT2D eigenvalue weighted by Crippen LogP contribution is 2.26. The number of fused-ring (bicyclic) bond motifs is 1. The van der Waals surface area contributed by atoms with Crippen molar-refractivity contribution in [2.45, 2.75) is 76.0 Å². The van der Waals surface area contributed by atoms with Crippen LogP contribution in [-0.4, -0.2) is 88.6 Å².